The van der Waals surface area contributed by atoms with Crippen molar-refractivity contribution in [2.45, 2.75) is 45.2 Å². The van der Waals surface area contributed by atoms with Crippen molar-refractivity contribution in [3.05, 3.63) is 53.1 Å². The molecule has 0 unspecified atom stereocenters. The van der Waals surface area contributed by atoms with Crippen LogP contribution in [0.1, 0.15) is 53.0 Å². The quantitative estimate of drug-likeness (QED) is 0.893. The summed E-state index contributed by atoms with van der Waals surface area (Å²) in [5.74, 6) is 1.09. The van der Waals surface area contributed by atoms with Gasteiger partial charge < -0.3 is 14.8 Å². The van der Waals surface area contributed by atoms with Crippen molar-refractivity contribution in [3.8, 4) is 0 Å². The number of aromatic nitrogens is 2. The van der Waals surface area contributed by atoms with E-state index in [2.05, 4.69) is 9.97 Å². The van der Waals surface area contributed by atoms with E-state index in [9.17, 15) is 9.59 Å². The first-order valence-electron chi connectivity index (χ1n) is 10.4. The van der Waals surface area contributed by atoms with Crippen molar-refractivity contribution in [2.24, 2.45) is 11.8 Å². The zero-order valence-corrected chi connectivity index (χ0v) is 16.1. The Morgan fingerprint density at radius 2 is 1.96 bits per heavy atom. The van der Waals surface area contributed by atoms with E-state index in [0.717, 1.165) is 74.3 Å². The summed E-state index contributed by atoms with van der Waals surface area (Å²) < 4.78 is 0. The predicted molar refractivity (Wildman–Crippen MR) is 104 cm³/mol. The second-order valence-electron chi connectivity index (χ2n) is 8.40. The van der Waals surface area contributed by atoms with Gasteiger partial charge in [0, 0.05) is 37.5 Å². The third kappa shape index (κ3) is 3.11. The molecule has 1 aromatic heterocycles. The molecule has 3 aliphatic rings. The fourth-order valence-electron chi connectivity index (χ4n) is 5.02. The van der Waals surface area contributed by atoms with Crippen LogP contribution in [-0.2, 0) is 24.3 Å². The van der Waals surface area contributed by atoms with Crippen molar-refractivity contribution in [1.29, 1.82) is 0 Å². The first kappa shape index (κ1) is 17.5. The van der Waals surface area contributed by atoms with E-state index in [1.165, 1.54) is 0 Å². The second-order valence-corrected chi connectivity index (χ2v) is 8.40. The number of carbonyl (C=O) groups excluding carboxylic acids is 2. The average Bonchev–Trinajstić information content (AvgIpc) is 3.32. The number of rotatable bonds is 3. The Bertz CT molecular complexity index is 897. The molecule has 0 saturated heterocycles. The molecule has 1 fully saturated rings. The molecular weight excluding hydrogens is 352 g/mol. The van der Waals surface area contributed by atoms with Gasteiger partial charge in [0.05, 0.1) is 24.3 Å². The summed E-state index contributed by atoms with van der Waals surface area (Å²) in [6.07, 6.45) is 6.49. The monoisotopic (exact) mass is 378 g/mol. The van der Waals surface area contributed by atoms with Crippen LogP contribution in [0.15, 0.2) is 30.6 Å². The molecule has 2 amide bonds. The van der Waals surface area contributed by atoms with Gasteiger partial charge in [-0.1, -0.05) is 18.2 Å². The summed E-state index contributed by atoms with van der Waals surface area (Å²) >= 11 is 0. The van der Waals surface area contributed by atoms with Crippen LogP contribution in [0.4, 0.5) is 0 Å². The Morgan fingerprint density at radius 3 is 2.79 bits per heavy atom. The molecule has 28 heavy (non-hydrogen) atoms. The Balaban J connectivity index is 1.14. The Morgan fingerprint density at radius 1 is 1.14 bits per heavy atom. The lowest BCUT2D eigenvalue weighted by atomic mass is 9.81. The van der Waals surface area contributed by atoms with Gasteiger partial charge in [-0.15, -0.1) is 0 Å². The third-order valence-electron chi connectivity index (χ3n) is 6.66. The first-order valence-corrected chi connectivity index (χ1v) is 10.4. The number of nitrogens with zero attached hydrogens (tertiary/aromatic N) is 3. The highest BCUT2D eigenvalue weighted by molar-refractivity contribution is 5.98. The van der Waals surface area contributed by atoms with Crippen LogP contribution in [0.25, 0.3) is 0 Å². The van der Waals surface area contributed by atoms with Crippen LogP contribution in [-0.4, -0.2) is 44.7 Å². The number of H-pyrrole nitrogens is 1. The number of benzene rings is 1. The fraction of sp³-hybridized carbons (Fsp3) is 0.500. The molecule has 3 heterocycles. The predicted octanol–water partition coefficient (Wildman–Crippen LogP) is 2.76. The van der Waals surface area contributed by atoms with Crippen LogP contribution in [0.5, 0.6) is 0 Å². The van der Waals surface area contributed by atoms with Gasteiger partial charge in [0.2, 0.25) is 5.91 Å². The van der Waals surface area contributed by atoms with Gasteiger partial charge in [0.15, 0.2) is 0 Å². The van der Waals surface area contributed by atoms with Crippen LogP contribution in [0.2, 0.25) is 0 Å². The van der Waals surface area contributed by atoms with Crippen molar-refractivity contribution < 1.29 is 9.59 Å². The largest absolute Gasteiger partial charge is 0.347 e. The average molecular weight is 378 g/mol. The molecule has 0 spiro atoms. The fourth-order valence-corrected chi connectivity index (χ4v) is 5.02. The summed E-state index contributed by atoms with van der Waals surface area (Å²) in [7, 11) is 0. The molecule has 0 bridgehead atoms. The van der Waals surface area contributed by atoms with Gasteiger partial charge in [-0.2, -0.15) is 0 Å². The number of hydrogen-bond acceptors (Lipinski definition) is 3. The molecule has 6 nitrogen and oxygen atoms in total. The van der Waals surface area contributed by atoms with Crippen LogP contribution in [0, 0.1) is 11.8 Å². The Kier molecular flexibility index (Phi) is 4.41. The zero-order valence-electron chi connectivity index (χ0n) is 16.1. The van der Waals surface area contributed by atoms with Crippen molar-refractivity contribution in [1.82, 2.24) is 19.8 Å². The zero-order chi connectivity index (χ0) is 19.1. The minimum atomic E-state index is 0.132. The molecule has 5 rings (SSSR count). The summed E-state index contributed by atoms with van der Waals surface area (Å²) in [5.41, 5.74) is 4.18. The molecule has 0 atom stereocenters. The van der Waals surface area contributed by atoms with Gasteiger partial charge in [0.1, 0.15) is 0 Å². The summed E-state index contributed by atoms with van der Waals surface area (Å²) in [6.45, 7) is 2.98. The number of amides is 2. The summed E-state index contributed by atoms with van der Waals surface area (Å²) in [4.78, 5) is 37.0. The van der Waals surface area contributed by atoms with Crippen molar-refractivity contribution in [3.63, 3.8) is 0 Å². The molecule has 1 saturated carbocycles. The van der Waals surface area contributed by atoms with Gasteiger partial charge in [-0.05, 0) is 43.2 Å². The van der Waals surface area contributed by atoms with E-state index in [-0.39, 0.29) is 11.8 Å². The highest BCUT2D eigenvalue weighted by Gasteiger charge is 2.34. The summed E-state index contributed by atoms with van der Waals surface area (Å²) in [5, 5.41) is 0. The van der Waals surface area contributed by atoms with Gasteiger partial charge >= 0.3 is 0 Å². The SMILES string of the molecule is O=C1c2ccccc2CN1CC1CCC(C(=O)N2CCc3nc[nH]c3C2)CC1. The summed E-state index contributed by atoms with van der Waals surface area (Å²) in [6, 6.07) is 7.91. The molecular formula is C22H26N4O2. The molecule has 2 aliphatic heterocycles. The van der Waals surface area contributed by atoms with Crippen molar-refractivity contribution in [2.75, 3.05) is 13.1 Å². The lowest BCUT2D eigenvalue weighted by molar-refractivity contribution is -0.138. The minimum Gasteiger partial charge on any atom is -0.347 e. The minimum absolute atomic E-state index is 0.132. The van der Waals surface area contributed by atoms with Crippen LogP contribution < -0.4 is 0 Å². The highest BCUT2D eigenvalue weighted by atomic mass is 16.2. The number of hydrogen-bond donors (Lipinski definition) is 1. The second kappa shape index (κ2) is 7.08. The third-order valence-corrected chi connectivity index (χ3v) is 6.66. The molecule has 2 aromatic rings. The van der Waals surface area contributed by atoms with Gasteiger partial charge in [-0.25, -0.2) is 4.98 Å². The maximum atomic E-state index is 13.0. The van der Waals surface area contributed by atoms with E-state index in [1.54, 1.807) is 6.33 Å². The Labute approximate surface area is 164 Å². The standard InChI is InChI=1S/C22H26N4O2/c27-21(25-10-9-19-20(13-25)24-14-23-19)16-7-5-15(6-8-16)11-26-12-17-3-1-2-4-18(17)22(26)28/h1-4,14-16H,5-13H2,(H,23,24). The van der Waals surface area contributed by atoms with Gasteiger partial charge in [-0.3, -0.25) is 9.59 Å². The molecule has 1 aromatic carbocycles. The maximum Gasteiger partial charge on any atom is 0.254 e. The van der Waals surface area contributed by atoms with E-state index in [0.29, 0.717) is 18.4 Å². The number of carbonyl (C=O) groups is 2. The highest BCUT2D eigenvalue weighted by Crippen LogP contribution is 2.33. The molecule has 146 valence electrons. The first-order chi connectivity index (χ1) is 13.7. The molecule has 1 aliphatic carbocycles. The number of fused-ring (bicyclic) bond motifs is 2. The Hall–Kier alpha value is -2.63. The van der Waals surface area contributed by atoms with E-state index < -0.39 is 0 Å². The van der Waals surface area contributed by atoms with Crippen LogP contribution >= 0.6 is 0 Å². The lowest BCUT2D eigenvalue weighted by Crippen LogP contribution is -2.41. The van der Waals surface area contributed by atoms with Crippen LogP contribution in [0.3, 0.4) is 0 Å². The number of aromatic amines is 1. The smallest absolute Gasteiger partial charge is 0.254 e. The normalized spacial score (nSPS) is 24.2. The topological polar surface area (TPSA) is 69.3 Å². The maximum absolute atomic E-state index is 13.0. The number of imidazole rings is 1. The van der Waals surface area contributed by atoms with Crippen molar-refractivity contribution >= 4 is 11.8 Å². The molecule has 1 N–H and O–H groups in total. The van der Waals surface area contributed by atoms with E-state index >= 15 is 0 Å². The van der Waals surface area contributed by atoms with E-state index in [4.69, 9.17) is 0 Å². The molecule has 6 heteroatoms. The van der Waals surface area contributed by atoms with Gasteiger partial charge in [0.25, 0.3) is 5.91 Å². The number of nitrogens with one attached hydrogen (secondary N) is 1. The van der Waals surface area contributed by atoms with E-state index in [1.807, 2.05) is 34.1 Å². The molecule has 0 radical (unpaired) electrons. The lowest BCUT2D eigenvalue weighted by Gasteiger charge is -2.34.